The SMILES string of the molecule is CCn1cc(NC(=O)N2CCN(C(=O)COc3ccc(Cl)cc3)CC2)cn1. The fourth-order valence-electron chi connectivity index (χ4n) is 2.73. The first kappa shape index (κ1) is 19.0. The minimum absolute atomic E-state index is 0.0377. The molecule has 0 atom stereocenters. The van der Waals surface area contributed by atoms with Crippen molar-refractivity contribution in [3.05, 3.63) is 41.7 Å². The molecule has 0 unspecified atom stereocenters. The molecule has 8 nitrogen and oxygen atoms in total. The molecule has 27 heavy (non-hydrogen) atoms. The maximum absolute atomic E-state index is 12.3. The third-order valence-electron chi connectivity index (χ3n) is 4.30. The minimum Gasteiger partial charge on any atom is -0.484 e. The van der Waals surface area contributed by atoms with Gasteiger partial charge in [-0.25, -0.2) is 4.79 Å². The Kier molecular flexibility index (Phi) is 6.18. The summed E-state index contributed by atoms with van der Waals surface area (Å²) in [5, 5.41) is 7.57. The number of hydrogen-bond donors (Lipinski definition) is 1. The summed E-state index contributed by atoms with van der Waals surface area (Å²) >= 11 is 5.82. The molecule has 144 valence electrons. The molecule has 0 spiro atoms. The maximum atomic E-state index is 12.3. The van der Waals surface area contributed by atoms with E-state index in [2.05, 4.69) is 10.4 Å². The summed E-state index contributed by atoms with van der Waals surface area (Å²) in [5.74, 6) is 0.493. The average molecular weight is 392 g/mol. The largest absolute Gasteiger partial charge is 0.484 e. The van der Waals surface area contributed by atoms with E-state index in [1.54, 1.807) is 51.1 Å². The average Bonchev–Trinajstić information content (AvgIpc) is 3.15. The molecule has 0 saturated carbocycles. The molecule has 1 aliphatic heterocycles. The smallest absolute Gasteiger partial charge is 0.322 e. The number of aromatic nitrogens is 2. The quantitative estimate of drug-likeness (QED) is 0.848. The molecular formula is C18H22ClN5O3. The molecule has 2 heterocycles. The van der Waals surface area contributed by atoms with E-state index in [1.165, 1.54) is 0 Å². The zero-order valence-electron chi connectivity index (χ0n) is 15.1. The van der Waals surface area contributed by atoms with Gasteiger partial charge in [-0.2, -0.15) is 5.10 Å². The Morgan fingerprint density at radius 3 is 2.44 bits per heavy atom. The zero-order valence-corrected chi connectivity index (χ0v) is 15.9. The number of ether oxygens (including phenoxy) is 1. The van der Waals surface area contributed by atoms with Crippen LogP contribution in [0.1, 0.15) is 6.92 Å². The van der Waals surface area contributed by atoms with Crippen molar-refractivity contribution in [1.82, 2.24) is 19.6 Å². The number of amides is 3. The van der Waals surface area contributed by atoms with Gasteiger partial charge in [0.25, 0.3) is 5.91 Å². The molecule has 9 heteroatoms. The number of carbonyl (C=O) groups excluding carboxylic acids is 2. The molecule has 3 rings (SSSR count). The first-order valence-electron chi connectivity index (χ1n) is 8.79. The molecule has 1 aliphatic rings. The van der Waals surface area contributed by atoms with E-state index in [4.69, 9.17) is 16.3 Å². The highest BCUT2D eigenvalue weighted by molar-refractivity contribution is 6.30. The van der Waals surface area contributed by atoms with E-state index >= 15 is 0 Å². The molecule has 0 radical (unpaired) electrons. The van der Waals surface area contributed by atoms with Crippen molar-refractivity contribution in [2.75, 3.05) is 38.1 Å². The van der Waals surface area contributed by atoms with Crippen LogP contribution in [0.4, 0.5) is 10.5 Å². The van der Waals surface area contributed by atoms with Crippen molar-refractivity contribution in [2.45, 2.75) is 13.5 Å². The van der Waals surface area contributed by atoms with E-state index in [0.717, 1.165) is 6.54 Å². The van der Waals surface area contributed by atoms with Crippen LogP contribution in [0.3, 0.4) is 0 Å². The van der Waals surface area contributed by atoms with E-state index in [1.807, 2.05) is 6.92 Å². The van der Waals surface area contributed by atoms with Gasteiger partial charge in [-0.15, -0.1) is 0 Å². The highest BCUT2D eigenvalue weighted by Crippen LogP contribution is 2.16. The van der Waals surface area contributed by atoms with Gasteiger partial charge in [0.15, 0.2) is 6.61 Å². The van der Waals surface area contributed by atoms with Gasteiger partial charge in [0.05, 0.1) is 11.9 Å². The van der Waals surface area contributed by atoms with Crippen molar-refractivity contribution in [3.63, 3.8) is 0 Å². The van der Waals surface area contributed by atoms with Gasteiger partial charge in [-0.3, -0.25) is 9.48 Å². The lowest BCUT2D eigenvalue weighted by Gasteiger charge is -2.34. The van der Waals surface area contributed by atoms with Gasteiger partial charge in [0.1, 0.15) is 5.75 Å². The van der Waals surface area contributed by atoms with Gasteiger partial charge >= 0.3 is 6.03 Å². The molecular weight excluding hydrogens is 370 g/mol. The van der Waals surface area contributed by atoms with E-state index in [9.17, 15) is 9.59 Å². The molecule has 1 aromatic carbocycles. The van der Waals surface area contributed by atoms with Crippen LogP contribution in [-0.4, -0.2) is 64.3 Å². The van der Waals surface area contributed by atoms with Gasteiger partial charge in [0.2, 0.25) is 0 Å². The number of hydrogen-bond acceptors (Lipinski definition) is 4. The molecule has 1 saturated heterocycles. The number of nitrogens with one attached hydrogen (secondary N) is 1. The molecule has 2 aromatic rings. The third-order valence-corrected chi connectivity index (χ3v) is 4.56. The first-order valence-corrected chi connectivity index (χ1v) is 9.17. The van der Waals surface area contributed by atoms with Crippen molar-refractivity contribution in [1.29, 1.82) is 0 Å². The monoisotopic (exact) mass is 391 g/mol. The lowest BCUT2D eigenvalue weighted by Crippen LogP contribution is -2.52. The summed E-state index contributed by atoms with van der Waals surface area (Å²) in [6.07, 6.45) is 3.40. The Bertz CT molecular complexity index is 785. The number of anilines is 1. The van der Waals surface area contributed by atoms with Gasteiger partial charge in [-0.05, 0) is 31.2 Å². The maximum Gasteiger partial charge on any atom is 0.322 e. The van der Waals surface area contributed by atoms with Crippen LogP contribution in [0.5, 0.6) is 5.75 Å². The fourth-order valence-corrected chi connectivity index (χ4v) is 2.86. The van der Waals surface area contributed by atoms with Crippen LogP contribution >= 0.6 is 11.6 Å². The van der Waals surface area contributed by atoms with E-state index in [-0.39, 0.29) is 18.5 Å². The summed E-state index contributed by atoms with van der Waals surface area (Å²) in [4.78, 5) is 28.0. The number of benzene rings is 1. The third kappa shape index (κ3) is 5.13. The molecule has 3 amide bonds. The number of aryl methyl sites for hydroxylation is 1. The first-order chi connectivity index (χ1) is 13.0. The van der Waals surface area contributed by atoms with Crippen LogP contribution in [0.25, 0.3) is 0 Å². The highest BCUT2D eigenvalue weighted by atomic mass is 35.5. The number of nitrogens with zero attached hydrogens (tertiary/aromatic N) is 4. The lowest BCUT2D eigenvalue weighted by molar-refractivity contribution is -0.134. The standard InChI is InChI=1S/C18H22ClN5O3/c1-2-24-12-15(11-20-24)21-18(26)23-9-7-22(8-10-23)17(25)13-27-16-5-3-14(19)4-6-16/h3-6,11-12H,2,7-10,13H2,1H3,(H,21,26). The summed E-state index contributed by atoms with van der Waals surface area (Å²) in [6.45, 7) is 4.58. The second-order valence-corrected chi connectivity index (χ2v) is 6.56. The molecule has 1 aromatic heterocycles. The molecule has 1 N–H and O–H groups in total. The van der Waals surface area contributed by atoms with Crippen LogP contribution in [-0.2, 0) is 11.3 Å². The molecule has 0 bridgehead atoms. The zero-order chi connectivity index (χ0) is 19.2. The summed E-state index contributed by atoms with van der Waals surface area (Å²) in [7, 11) is 0. The second-order valence-electron chi connectivity index (χ2n) is 6.13. The van der Waals surface area contributed by atoms with Crippen LogP contribution in [0.15, 0.2) is 36.7 Å². The van der Waals surface area contributed by atoms with Crippen LogP contribution < -0.4 is 10.1 Å². The van der Waals surface area contributed by atoms with Crippen molar-refractivity contribution >= 4 is 29.2 Å². The highest BCUT2D eigenvalue weighted by Gasteiger charge is 2.24. The van der Waals surface area contributed by atoms with E-state index in [0.29, 0.717) is 42.6 Å². The number of rotatable bonds is 5. The number of halogens is 1. The second kappa shape index (κ2) is 8.77. The van der Waals surface area contributed by atoms with Crippen LogP contribution in [0, 0.1) is 0 Å². The van der Waals surface area contributed by atoms with Gasteiger partial charge in [-0.1, -0.05) is 11.6 Å². The Hall–Kier alpha value is -2.74. The van der Waals surface area contributed by atoms with Gasteiger partial charge < -0.3 is 19.9 Å². The fraction of sp³-hybridized carbons (Fsp3) is 0.389. The summed E-state index contributed by atoms with van der Waals surface area (Å²) < 4.78 is 7.23. The van der Waals surface area contributed by atoms with Crippen molar-refractivity contribution in [2.24, 2.45) is 0 Å². The number of piperazine rings is 1. The van der Waals surface area contributed by atoms with Crippen molar-refractivity contribution < 1.29 is 14.3 Å². The number of carbonyl (C=O) groups is 2. The normalized spacial score (nSPS) is 14.1. The Morgan fingerprint density at radius 1 is 1.15 bits per heavy atom. The lowest BCUT2D eigenvalue weighted by atomic mass is 10.3. The Labute approximate surface area is 162 Å². The summed E-state index contributed by atoms with van der Waals surface area (Å²) in [6, 6.07) is 6.68. The predicted octanol–water partition coefficient (Wildman–Crippen LogP) is 2.31. The van der Waals surface area contributed by atoms with Crippen LogP contribution in [0.2, 0.25) is 5.02 Å². The Morgan fingerprint density at radius 2 is 1.81 bits per heavy atom. The van der Waals surface area contributed by atoms with Crippen molar-refractivity contribution in [3.8, 4) is 5.75 Å². The summed E-state index contributed by atoms with van der Waals surface area (Å²) in [5.41, 5.74) is 0.664. The van der Waals surface area contributed by atoms with Gasteiger partial charge in [0, 0.05) is 43.9 Å². The molecule has 0 aliphatic carbocycles. The minimum atomic E-state index is -0.185. The number of urea groups is 1. The molecule has 1 fully saturated rings. The van der Waals surface area contributed by atoms with E-state index < -0.39 is 0 Å². The Balaban J connectivity index is 1.42. The topological polar surface area (TPSA) is 79.7 Å². The predicted molar refractivity (Wildman–Crippen MR) is 102 cm³/mol.